The van der Waals surface area contributed by atoms with Gasteiger partial charge < -0.3 is 4.74 Å². The summed E-state index contributed by atoms with van der Waals surface area (Å²) in [6.07, 6.45) is -9.90. The maximum absolute atomic E-state index is 14.2. The maximum atomic E-state index is 14.2. The Kier molecular flexibility index (Phi) is 6.78. The van der Waals surface area contributed by atoms with Crippen molar-refractivity contribution in [3.8, 4) is 0 Å². The first-order valence-electron chi connectivity index (χ1n) is 8.10. The Morgan fingerprint density at radius 2 is 1.16 bits per heavy atom. The molecule has 0 bridgehead atoms. The van der Waals surface area contributed by atoms with Gasteiger partial charge in [0.15, 0.2) is 0 Å². The number of benzene rings is 1. The maximum Gasteiger partial charge on any atom is 0.460 e. The van der Waals surface area contributed by atoms with Crippen molar-refractivity contribution < 1.29 is 61.8 Å². The van der Waals surface area contributed by atoms with Crippen LogP contribution in [0.3, 0.4) is 0 Å². The van der Waals surface area contributed by atoms with Crippen LogP contribution in [0.5, 0.6) is 0 Å². The fraction of sp³-hybridized carbons (Fsp3) is 0.647. The van der Waals surface area contributed by atoms with Crippen LogP contribution in [-0.4, -0.2) is 42.9 Å². The van der Waals surface area contributed by atoms with E-state index < -0.39 is 47.8 Å². The largest absolute Gasteiger partial charge is 0.460 e. The highest BCUT2D eigenvalue weighted by Gasteiger charge is 2.90. The molecule has 14 heteroatoms. The molecule has 1 atom stereocenters. The average molecular weight is 482 g/mol. The predicted molar refractivity (Wildman–Crippen MR) is 80.9 cm³/mol. The summed E-state index contributed by atoms with van der Waals surface area (Å²) in [4.78, 5) is 0. The van der Waals surface area contributed by atoms with Crippen molar-refractivity contribution in [1.29, 1.82) is 0 Å². The number of ether oxygens (including phenoxy) is 1. The van der Waals surface area contributed by atoms with Crippen molar-refractivity contribution in [2.24, 2.45) is 0 Å². The standard InChI is InChI=1S/C17H15F13O/c1-9-5-4-6-10(7-9)11(2,31-3)8-12(18,19)13(20,21)14(22,23)15(24,25)16(26,27)17(28,29)30/h4-7H,8H2,1-3H3. The lowest BCUT2D eigenvalue weighted by molar-refractivity contribution is -0.441. The molecule has 0 N–H and O–H groups in total. The molecule has 0 aliphatic heterocycles. The van der Waals surface area contributed by atoms with Gasteiger partial charge in [-0.3, -0.25) is 0 Å². The van der Waals surface area contributed by atoms with Crippen LogP contribution in [0, 0.1) is 6.92 Å². The summed E-state index contributed by atoms with van der Waals surface area (Å²) in [5, 5.41) is 0. The first kappa shape index (κ1) is 27.3. The normalized spacial score (nSPS) is 16.9. The summed E-state index contributed by atoms with van der Waals surface area (Å²) >= 11 is 0. The molecule has 0 saturated carbocycles. The fourth-order valence-electron chi connectivity index (χ4n) is 2.60. The van der Waals surface area contributed by atoms with Crippen LogP contribution < -0.4 is 0 Å². The second-order valence-corrected chi connectivity index (χ2v) is 6.98. The molecular weight excluding hydrogens is 467 g/mol. The van der Waals surface area contributed by atoms with E-state index in [-0.39, 0.29) is 5.56 Å². The van der Waals surface area contributed by atoms with E-state index in [2.05, 4.69) is 4.74 Å². The predicted octanol–water partition coefficient (Wildman–Crippen LogP) is 6.99. The quantitative estimate of drug-likeness (QED) is 0.363. The number of halogens is 13. The molecule has 0 saturated heterocycles. The van der Waals surface area contributed by atoms with E-state index in [1.54, 1.807) is 0 Å². The molecule has 0 heterocycles. The molecule has 1 aromatic rings. The Balaban J connectivity index is 3.52. The second kappa shape index (κ2) is 7.69. The van der Waals surface area contributed by atoms with E-state index in [1.165, 1.54) is 19.1 Å². The van der Waals surface area contributed by atoms with Crippen molar-refractivity contribution in [2.45, 2.75) is 61.7 Å². The molecule has 180 valence electrons. The molecule has 1 unspecified atom stereocenters. The summed E-state index contributed by atoms with van der Waals surface area (Å²) < 4.78 is 177. The van der Waals surface area contributed by atoms with E-state index in [0.717, 1.165) is 12.1 Å². The summed E-state index contributed by atoms with van der Waals surface area (Å²) in [6, 6.07) is 4.78. The number of methoxy groups -OCH3 is 1. The lowest BCUT2D eigenvalue weighted by Crippen LogP contribution is -2.70. The number of hydrogen-bond donors (Lipinski definition) is 0. The Hall–Kier alpha value is -1.73. The van der Waals surface area contributed by atoms with E-state index in [4.69, 9.17) is 0 Å². The van der Waals surface area contributed by atoms with Crippen molar-refractivity contribution in [1.82, 2.24) is 0 Å². The number of aryl methyl sites for hydroxylation is 1. The van der Waals surface area contributed by atoms with Crippen LogP contribution in [-0.2, 0) is 10.3 Å². The Bertz CT molecular complexity index is 784. The van der Waals surface area contributed by atoms with Crippen LogP contribution >= 0.6 is 0 Å². The zero-order valence-electron chi connectivity index (χ0n) is 15.8. The van der Waals surface area contributed by atoms with E-state index in [0.29, 0.717) is 19.6 Å². The molecule has 0 aliphatic rings. The third-order valence-electron chi connectivity index (χ3n) is 4.64. The molecule has 0 amide bonds. The zero-order valence-corrected chi connectivity index (χ0v) is 15.8. The van der Waals surface area contributed by atoms with Gasteiger partial charge in [0.05, 0.1) is 12.0 Å². The van der Waals surface area contributed by atoms with Crippen LogP contribution in [0.4, 0.5) is 57.1 Å². The van der Waals surface area contributed by atoms with Gasteiger partial charge in [-0.15, -0.1) is 0 Å². The topological polar surface area (TPSA) is 9.23 Å². The average Bonchev–Trinajstić information content (AvgIpc) is 2.59. The lowest BCUT2D eigenvalue weighted by Gasteiger charge is -2.42. The van der Waals surface area contributed by atoms with Gasteiger partial charge >= 0.3 is 35.8 Å². The molecule has 1 rings (SSSR count). The molecule has 1 aromatic carbocycles. The molecule has 0 radical (unpaired) electrons. The van der Waals surface area contributed by atoms with Gasteiger partial charge in [0.25, 0.3) is 0 Å². The number of alkyl halides is 13. The Morgan fingerprint density at radius 1 is 0.710 bits per heavy atom. The highest BCUT2D eigenvalue weighted by atomic mass is 19.4. The van der Waals surface area contributed by atoms with Crippen molar-refractivity contribution in [2.75, 3.05) is 7.11 Å². The molecular formula is C17H15F13O. The SMILES string of the molecule is COC(C)(CC(F)(F)C(F)(F)C(F)(F)C(F)(F)C(F)(F)C(F)(F)F)c1cccc(C)c1. The molecule has 0 fully saturated rings. The monoisotopic (exact) mass is 482 g/mol. The van der Waals surface area contributed by atoms with Gasteiger partial charge in [-0.05, 0) is 19.4 Å². The molecule has 0 spiro atoms. The lowest BCUT2D eigenvalue weighted by atomic mass is 9.83. The highest BCUT2D eigenvalue weighted by molar-refractivity contribution is 5.28. The number of hydrogen-bond acceptors (Lipinski definition) is 1. The molecule has 1 nitrogen and oxygen atoms in total. The smallest absolute Gasteiger partial charge is 0.374 e. The van der Waals surface area contributed by atoms with Crippen molar-refractivity contribution in [3.05, 3.63) is 35.4 Å². The first-order valence-corrected chi connectivity index (χ1v) is 8.10. The molecule has 0 aromatic heterocycles. The minimum absolute atomic E-state index is 0.304. The Labute approximate surface area is 167 Å². The van der Waals surface area contributed by atoms with Gasteiger partial charge in [0.2, 0.25) is 0 Å². The zero-order chi connectivity index (χ0) is 24.9. The second-order valence-electron chi connectivity index (χ2n) is 6.98. The van der Waals surface area contributed by atoms with Gasteiger partial charge in [0, 0.05) is 7.11 Å². The van der Waals surface area contributed by atoms with Gasteiger partial charge in [0.1, 0.15) is 0 Å². The van der Waals surface area contributed by atoms with E-state index >= 15 is 0 Å². The Morgan fingerprint density at radius 3 is 1.55 bits per heavy atom. The summed E-state index contributed by atoms with van der Waals surface area (Å²) in [5.41, 5.74) is -2.49. The van der Waals surface area contributed by atoms with Crippen LogP contribution in [0.15, 0.2) is 24.3 Å². The number of rotatable bonds is 8. The minimum Gasteiger partial charge on any atom is -0.374 e. The molecule has 31 heavy (non-hydrogen) atoms. The van der Waals surface area contributed by atoms with Gasteiger partial charge in [-0.25, -0.2) is 0 Å². The fourth-order valence-corrected chi connectivity index (χ4v) is 2.60. The third kappa shape index (κ3) is 4.19. The first-order chi connectivity index (χ1) is 13.5. The van der Waals surface area contributed by atoms with Crippen molar-refractivity contribution >= 4 is 0 Å². The van der Waals surface area contributed by atoms with Crippen LogP contribution in [0.25, 0.3) is 0 Å². The summed E-state index contributed by atoms with van der Waals surface area (Å²) in [5.74, 6) is -37.1. The van der Waals surface area contributed by atoms with E-state index in [1.807, 2.05) is 0 Å². The minimum atomic E-state index is -7.92. The molecule has 0 aliphatic carbocycles. The van der Waals surface area contributed by atoms with E-state index in [9.17, 15) is 57.1 Å². The van der Waals surface area contributed by atoms with Gasteiger partial charge in [-0.2, -0.15) is 57.1 Å². The van der Waals surface area contributed by atoms with Crippen molar-refractivity contribution in [3.63, 3.8) is 0 Å². The summed E-state index contributed by atoms with van der Waals surface area (Å²) in [7, 11) is 0.682. The highest BCUT2D eigenvalue weighted by Crippen LogP contribution is 2.61. The van der Waals surface area contributed by atoms with Crippen LogP contribution in [0.1, 0.15) is 24.5 Å². The van der Waals surface area contributed by atoms with Crippen LogP contribution in [0.2, 0.25) is 0 Å². The van der Waals surface area contributed by atoms with Gasteiger partial charge in [-0.1, -0.05) is 29.8 Å². The summed E-state index contributed by atoms with van der Waals surface area (Å²) in [6.45, 7) is 2.10. The third-order valence-corrected chi connectivity index (χ3v) is 4.64.